The van der Waals surface area contributed by atoms with Gasteiger partial charge in [0.25, 0.3) is 0 Å². The quantitative estimate of drug-likeness (QED) is 0.599. The molecule has 3 atom stereocenters. The molecule has 3 rings (SSSR count). The van der Waals surface area contributed by atoms with Crippen LogP contribution in [-0.2, 0) is 11.2 Å². The smallest absolute Gasteiger partial charge is 0.203 e. The van der Waals surface area contributed by atoms with Gasteiger partial charge in [0.1, 0.15) is 5.75 Å². The van der Waals surface area contributed by atoms with Gasteiger partial charge in [0, 0.05) is 17.4 Å². The highest BCUT2D eigenvalue weighted by Gasteiger charge is 2.38. The average Bonchev–Trinajstić information content (AvgIpc) is 3.20. The SMILES string of the molecule is COc1cc(C[C@H]2CO[C@H](c3cc(OC)c(OC)c(OC)c3)[C@H]2CO)ccc1SC. The number of aliphatic hydroxyl groups excluding tert-OH is 1. The molecule has 7 heteroatoms. The minimum Gasteiger partial charge on any atom is -0.496 e. The predicted octanol–water partition coefficient (Wildman–Crippen LogP) is 3.98. The molecule has 0 unspecified atom stereocenters. The summed E-state index contributed by atoms with van der Waals surface area (Å²) in [5.74, 6) is 2.71. The summed E-state index contributed by atoms with van der Waals surface area (Å²) in [6.45, 7) is 0.602. The fourth-order valence-corrected chi connectivity index (χ4v) is 4.64. The van der Waals surface area contributed by atoms with Crippen molar-refractivity contribution in [3.63, 3.8) is 0 Å². The third-order valence-corrected chi connectivity index (χ3v) is 6.43. The third kappa shape index (κ3) is 4.48. The lowest BCUT2D eigenvalue weighted by molar-refractivity contribution is 0.0715. The Hall–Kier alpha value is -2.09. The molecular weight excluding hydrogens is 404 g/mol. The van der Waals surface area contributed by atoms with Crippen LogP contribution in [0.25, 0.3) is 0 Å². The number of methoxy groups -OCH3 is 4. The Morgan fingerprint density at radius 3 is 2.17 bits per heavy atom. The van der Waals surface area contributed by atoms with Crippen molar-refractivity contribution in [3.8, 4) is 23.0 Å². The van der Waals surface area contributed by atoms with Gasteiger partial charge in [-0.05, 0) is 54.0 Å². The van der Waals surface area contributed by atoms with Gasteiger partial charge in [0.2, 0.25) is 5.75 Å². The van der Waals surface area contributed by atoms with Crippen molar-refractivity contribution >= 4 is 11.8 Å². The van der Waals surface area contributed by atoms with E-state index >= 15 is 0 Å². The normalized spacial score (nSPS) is 20.8. The Bertz CT molecular complexity index is 831. The Kier molecular flexibility index (Phi) is 7.75. The number of aliphatic hydroxyl groups is 1. The zero-order valence-electron chi connectivity index (χ0n) is 18.1. The molecule has 1 N–H and O–H groups in total. The summed E-state index contributed by atoms with van der Waals surface area (Å²) in [5, 5.41) is 10.2. The van der Waals surface area contributed by atoms with Crippen LogP contribution in [0.4, 0.5) is 0 Å². The van der Waals surface area contributed by atoms with E-state index < -0.39 is 0 Å². The van der Waals surface area contributed by atoms with E-state index in [0.29, 0.717) is 23.9 Å². The van der Waals surface area contributed by atoms with Crippen LogP contribution in [0.15, 0.2) is 35.2 Å². The first-order valence-corrected chi connectivity index (χ1v) is 11.1. The fraction of sp³-hybridized carbons (Fsp3) is 0.478. The lowest BCUT2D eigenvalue weighted by Gasteiger charge is -2.23. The summed E-state index contributed by atoms with van der Waals surface area (Å²) >= 11 is 1.66. The van der Waals surface area contributed by atoms with Gasteiger partial charge in [-0.2, -0.15) is 0 Å². The van der Waals surface area contributed by atoms with Gasteiger partial charge in [0.15, 0.2) is 11.5 Å². The molecule has 164 valence electrons. The van der Waals surface area contributed by atoms with Crippen LogP contribution in [0.5, 0.6) is 23.0 Å². The summed E-state index contributed by atoms with van der Waals surface area (Å²) in [6, 6.07) is 10.1. The minimum absolute atomic E-state index is 0.0338. The van der Waals surface area contributed by atoms with Gasteiger partial charge in [-0.3, -0.25) is 0 Å². The third-order valence-electron chi connectivity index (χ3n) is 5.66. The number of hydrogen-bond acceptors (Lipinski definition) is 7. The van der Waals surface area contributed by atoms with E-state index in [1.807, 2.05) is 18.4 Å². The molecule has 0 spiro atoms. The van der Waals surface area contributed by atoms with Crippen LogP contribution >= 0.6 is 11.8 Å². The largest absolute Gasteiger partial charge is 0.496 e. The highest BCUT2D eigenvalue weighted by molar-refractivity contribution is 7.98. The first-order chi connectivity index (χ1) is 14.6. The Labute approximate surface area is 182 Å². The number of hydrogen-bond donors (Lipinski definition) is 1. The summed E-state index contributed by atoms with van der Waals surface area (Å²) in [4.78, 5) is 1.11. The van der Waals surface area contributed by atoms with Crippen molar-refractivity contribution in [2.24, 2.45) is 11.8 Å². The van der Waals surface area contributed by atoms with E-state index in [9.17, 15) is 5.11 Å². The van der Waals surface area contributed by atoms with Gasteiger partial charge in [-0.1, -0.05) is 6.07 Å². The fourth-order valence-electron chi connectivity index (χ4n) is 4.10. The van der Waals surface area contributed by atoms with Crippen LogP contribution in [0.2, 0.25) is 0 Å². The van der Waals surface area contributed by atoms with Crippen molar-refractivity contribution in [2.45, 2.75) is 17.4 Å². The monoisotopic (exact) mass is 434 g/mol. The lowest BCUT2D eigenvalue weighted by Crippen LogP contribution is -2.21. The molecule has 0 aromatic heterocycles. The second kappa shape index (κ2) is 10.3. The molecule has 0 aliphatic carbocycles. The van der Waals surface area contributed by atoms with Crippen LogP contribution in [0.3, 0.4) is 0 Å². The number of rotatable bonds is 9. The van der Waals surface area contributed by atoms with Crippen LogP contribution in [0, 0.1) is 11.8 Å². The van der Waals surface area contributed by atoms with Gasteiger partial charge >= 0.3 is 0 Å². The Balaban J connectivity index is 1.85. The van der Waals surface area contributed by atoms with Crippen molar-refractivity contribution < 1.29 is 28.8 Å². The zero-order valence-corrected chi connectivity index (χ0v) is 19.0. The van der Waals surface area contributed by atoms with E-state index in [2.05, 4.69) is 18.2 Å². The molecule has 0 bridgehead atoms. The van der Waals surface area contributed by atoms with Gasteiger partial charge < -0.3 is 28.8 Å². The van der Waals surface area contributed by atoms with E-state index in [1.165, 1.54) is 5.56 Å². The predicted molar refractivity (Wildman–Crippen MR) is 117 cm³/mol. The highest BCUT2D eigenvalue weighted by Crippen LogP contribution is 2.46. The number of thioether (sulfide) groups is 1. The maximum atomic E-state index is 10.2. The molecule has 1 saturated heterocycles. The van der Waals surface area contributed by atoms with E-state index in [0.717, 1.165) is 22.6 Å². The van der Waals surface area contributed by atoms with Gasteiger partial charge in [-0.15, -0.1) is 11.8 Å². The zero-order chi connectivity index (χ0) is 21.7. The molecule has 0 radical (unpaired) electrons. The molecule has 0 amide bonds. The summed E-state index contributed by atoms with van der Waals surface area (Å²) in [7, 11) is 6.45. The maximum absolute atomic E-state index is 10.2. The van der Waals surface area contributed by atoms with E-state index in [4.69, 9.17) is 23.7 Å². The van der Waals surface area contributed by atoms with Crippen molar-refractivity contribution in [1.82, 2.24) is 0 Å². The van der Waals surface area contributed by atoms with E-state index in [1.54, 1.807) is 40.2 Å². The molecule has 6 nitrogen and oxygen atoms in total. The Morgan fingerprint density at radius 1 is 0.967 bits per heavy atom. The van der Waals surface area contributed by atoms with Crippen LogP contribution < -0.4 is 18.9 Å². The second-order valence-electron chi connectivity index (χ2n) is 7.21. The van der Waals surface area contributed by atoms with Crippen LogP contribution in [0.1, 0.15) is 17.2 Å². The van der Waals surface area contributed by atoms with Crippen molar-refractivity contribution in [3.05, 3.63) is 41.5 Å². The molecule has 2 aromatic rings. The van der Waals surface area contributed by atoms with Crippen LogP contribution in [-0.4, -0.2) is 53.0 Å². The molecule has 1 aliphatic rings. The van der Waals surface area contributed by atoms with Crippen molar-refractivity contribution in [2.75, 3.05) is 47.9 Å². The average molecular weight is 435 g/mol. The molecule has 1 aliphatic heterocycles. The molecule has 2 aromatic carbocycles. The molecular formula is C23H30O6S. The summed E-state index contributed by atoms with van der Waals surface area (Å²) in [5.41, 5.74) is 2.07. The summed E-state index contributed by atoms with van der Waals surface area (Å²) in [6.07, 6.45) is 2.59. The van der Waals surface area contributed by atoms with Gasteiger partial charge in [-0.25, -0.2) is 0 Å². The summed E-state index contributed by atoms with van der Waals surface area (Å²) < 4.78 is 28.0. The number of benzene rings is 2. The Morgan fingerprint density at radius 2 is 1.63 bits per heavy atom. The molecule has 30 heavy (non-hydrogen) atoms. The molecule has 1 heterocycles. The standard InChI is InChI=1S/C23H30O6S/c1-25-18-9-14(6-7-21(18)30-5)8-16-13-29-22(17(16)12-24)15-10-19(26-2)23(28-4)20(11-15)27-3/h6-7,9-11,16-17,22,24H,8,12-13H2,1-5H3/t16-,17-,22+/m0/s1. The highest BCUT2D eigenvalue weighted by atomic mass is 32.2. The van der Waals surface area contributed by atoms with Gasteiger partial charge in [0.05, 0.1) is 41.2 Å². The maximum Gasteiger partial charge on any atom is 0.203 e. The lowest BCUT2D eigenvalue weighted by atomic mass is 9.84. The first-order valence-electron chi connectivity index (χ1n) is 9.83. The second-order valence-corrected chi connectivity index (χ2v) is 8.06. The minimum atomic E-state index is -0.249. The van der Waals surface area contributed by atoms with Crippen molar-refractivity contribution in [1.29, 1.82) is 0 Å². The number of ether oxygens (including phenoxy) is 5. The molecule has 0 saturated carbocycles. The molecule has 1 fully saturated rings. The van der Waals surface area contributed by atoms with E-state index in [-0.39, 0.29) is 24.5 Å². The first kappa shape index (κ1) is 22.6. The topological polar surface area (TPSA) is 66.4 Å².